The highest BCUT2D eigenvalue weighted by Crippen LogP contribution is 2.12. The molecular formula is C19H16N2O3. The number of rotatable bonds is 5. The minimum atomic E-state index is -0.193. The molecule has 0 saturated heterocycles. The van der Waals surface area contributed by atoms with Gasteiger partial charge in [0.05, 0.1) is 6.07 Å². The number of carbonyl (C=O) groups is 1. The normalized spacial score (nSPS) is 10.2. The van der Waals surface area contributed by atoms with Gasteiger partial charge in [-0.05, 0) is 35.9 Å². The van der Waals surface area contributed by atoms with E-state index in [4.69, 9.17) is 4.74 Å². The Labute approximate surface area is 139 Å². The second kappa shape index (κ2) is 7.28. The van der Waals surface area contributed by atoms with E-state index < -0.39 is 0 Å². The molecule has 0 bridgehead atoms. The maximum absolute atomic E-state index is 12.3. The van der Waals surface area contributed by atoms with Crippen LogP contribution in [0.4, 0.5) is 5.69 Å². The summed E-state index contributed by atoms with van der Waals surface area (Å²) in [6.07, 6.45) is 1.37. The molecule has 2 aromatic carbocycles. The molecule has 1 aromatic heterocycles. The number of carbonyl (C=O) groups excluding carboxylic acids is 1. The fraction of sp³-hybridized carbons (Fsp3) is 0.0526. The number of hydrogen-bond acceptors (Lipinski definition) is 3. The van der Waals surface area contributed by atoms with Crippen LogP contribution in [0, 0.1) is 5.21 Å². The Morgan fingerprint density at radius 2 is 1.79 bits per heavy atom. The van der Waals surface area contributed by atoms with Crippen LogP contribution in [0.1, 0.15) is 15.9 Å². The third-order valence-electron chi connectivity index (χ3n) is 3.40. The molecule has 0 radical (unpaired) electrons. The molecule has 0 aliphatic carbocycles. The van der Waals surface area contributed by atoms with E-state index in [1.807, 2.05) is 36.4 Å². The van der Waals surface area contributed by atoms with E-state index in [9.17, 15) is 10.0 Å². The van der Waals surface area contributed by atoms with Crippen LogP contribution < -0.4 is 14.8 Å². The summed E-state index contributed by atoms with van der Waals surface area (Å²) in [5, 5.41) is 14.4. The number of para-hydroxylation sites is 1. The molecule has 5 heteroatoms. The van der Waals surface area contributed by atoms with Gasteiger partial charge in [-0.15, -0.1) is 4.73 Å². The summed E-state index contributed by atoms with van der Waals surface area (Å²) in [7, 11) is 0. The van der Waals surface area contributed by atoms with E-state index in [0.717, 1.165) is 11.3 Å². The molecule has 1 heterocycles. The molecule has 0 spiro atoms. The Morgan fingerprint density at radius 1 is 1.00 bits per heavy atom. The number of benzene rings is 2. The number of hydrogen-bond donors (Lipinski definition) is 1. The van der Waals surface area contributed by atoms with Crippen molar-refractivity contribution in [3.05, 3.63) is 95.3 Å². The van der Waals surface area contributed by atoms with Gasteiger partial charge in [-0.2, -0.15) is 0 Å². The summed E-state index contributed by atoms with van der Waals surface area (Å²) in [6, 6.07) is 21.3. The molecular weight excluding hydrogens is 304 g/mol. The maximum Gasteiger partial charge on any atom is 0.379 e. The van der Waals surface area contributed by atoms with Gasteiger partial charge in [-0.3, -0.25) is 4.79 Å². The highest BCUT2D eigenvalue weighted by Gasteiger charge is 2.09. The standard InChI is InChI=1S/C19H16N2O3/c22-19(20-17-9-2-1-3-10-17)16-8-6-7-15(13-16)14-24-18-11-4-5-12-21(18)23/h1-13H,14H2,(H,20,22). The van der Waals surface area contributed by atoms with Crippen molar-refractivity contribution in [3.63, 3.8) is 0 Å². The lowest BCUT2D eigenvalue weighted by atomic mass is 10.1. The van der Waals surface area contributed by atoms with Crippen LogP contribution in [0.5, 0.6) is 5.88 Å². The topological polar surface area (TPSA) is 65.3 Å². The highest BCUT2D eigenvalue weighted by atomic mass is 16.5. The Morgan fingerprint density at radius 3 is 2.58 bits per heavy atom. The molecule has 3 rings (SSSR count). The summed E-state index contributed by atoms with van der Waals surface area (Å²) in [5.74, 6) is 0.0262. The average molecular weight is 320 g/mol. The first-order chi connectivity index (χ1) is 11.7. The van der Waals surface area contributed by atoms with E-state index in [1.165, 1.54) is 6.20 Å². The summed E-state index contributed by atoms with van der Waals surface area (Å²) in [4.78, 5) is 12.3. The van der Waals surface area contributed by atoms with Crippen molar-refractivity contribution < 1.29 is 14.3 Å². The van der Waals surface area contributed by atoms with Gasteiger partial charge in [0, 0.05) is 17.3 Å². The van der Waals surface area contributed by atoms with Crippen molar-refractivity contribution >= 4 is 11.6 Å². The Kier molecular flexibility index (Phi) is 4.72. The highest BCUT2D eigenvalue weighted by molar-refractivity contribution is 6.04. The number of nitrogens with one attached hydrogen (secondary N) is 1. The van der Waals surface area contributed by atoms with Crippen LogP contribution in [0.3, 0.4) is 0 Å². The SMILES string of the molecule is O=C(Nc1ccccc1)c1cccc(COc2cccc[n+]2[O-])c1. The van der Waals surface area contributed by atoms with Gasteiger partial charge < -0.3 is 15.3 Å². The van der Waals surface area contributed by atoms with E-state index >= 15 is 0 Å². The van der Waals surface area contributed by atoms with Crippen LogP contribution in [-0.2, 0) is 6.61 Å². The zero-order valence-corrected chi connectivity index (χ0v) is 12.9. The largest absolute Gasteiger partial charge is 0.616 e. The first-order valence-electron chi connectivity index (χ1n) is 7.49. The lowest BCUT2D eigenvalue weighted by molar-refractivity contribution is -0.613. The molecule has 24 heavy (non-hydrogen) atoms. The molecule has 0 fully saturated rings. The zero-order valence-electron chi connectivity index (χ0n) is 12.9. The zero-order chi connectivity index (χ0) is 16.8. The molecule has 3 aromatic rings. The van der Waals surface area contributed by atoms with Gasteiger partial charge in [-0.25, -0.2) is 0 Å². The van der Waals surface area contributed by atoms with Gasteiger partial charge in [-0.1, -0.05) is 30.3 Å². The van der Waals surface area contributed by atoms with Gasteiger partial charge in [0.15, 0.2) is 6.20 Å². The molecule has 1 amide bonds. The summed E-state index contributed by atoms with van der Waals surface area (Å²) < 4.78 is 6.15. The second-order valence-electron chi connectivity index (χ2n) is 5.17. The minimum absolute atomic E-state index is 0.193. The number of ether oxygens (including phenoxy) is 1. The third-order valence-corrected chi connectivity index (χ3v) is 3.40. The van der Waals surface area contributed by atoms with Crippen LogP contribution in [0.2, 0.25) is 0 Å². The molecule has 5 nitrogen and oxygen atoms in total. The fourth-order valence-corrected chi connectivity index (χ4v) is 2.21. The number of pyridine rings is 1. The Bertz CT molecular complexity index is 835. The van der Waals surface area contributed by atoms with Crippen molar-refractivity contribution in [2.75, 3.05) is 5.32 Å². The second-order valence-corrected chi connectivity index (χ2v) is 5.17. The number of amides is 1. The van der Waals surface area contributed by atoms with Crippen LogP contribution >= 0.6 is 0 Å². The predicted octanol–water partition coefficient (Wildman–Crippen LogP) is 3.15. The summed E-state index contributed by atoms with van der Waals surface area (Å²) in [5.41, 5.74) is 2.07. The first-order valence-corrected chi connectivity index (χ1v) is 7.49. The van der Waals surface area contributed by atoms with E-state index in [0.29, 0.717) is 10.3 Å². The van der Waals surface area contributed by atoms with Crippen LogP contribution in [0.15, 0.2) is 79.0 Å². The van der Waals surface area contributed by atoms with Gasteiger partial charge in [0.1, 0.15) is 6.61 Å². The fourth-order valence-electron chi connectivity index (χ4n) is 2.21. The lowest BCUT2D eigenvalue weighted by Gasteiger charge is -2.08. The molecule has 1 N–H and O–H groups in total. The molecule has 0 unspecified atom stereocenters. The van der Waals surface area contributed by atoms with E-state index in [-0.39, 0.29) is 18.4 Å². The summed E-state index contributed by atoms with van der Waals surface area (Å²) >= 11 is 0. The monoisotopic (exact) mass is 320 g/mol. The van der Waals surface area contributed by atoms with E-state index in [2.05, 4.69) is 5.32 Å². The van der Waals surface area contributed by atoms with Crippen molar-refractivity contribution in [3.8, 4) is 5.88 Å². The molecule has 0 saturated carbocycles. The molecule has 0 atom stereocenters. The summed E-state index contributed by atoms with van der Waals surface area (Å²) in [6.45, 7) is 0.207. The molecule has 0 aliphatic rings. The van der Waals surface area contributed by atoms with Crippen LogP contribution in [0.25, 0.3) is 0 Å². The first kappa shape index (κ1) is 15.6. The smallest absolute Gasteiger partial charge is 0.379 e. The van der Waals surface area contributed by atoms with Gasteiger partial charge in [0.2, 0.25) is 0 Å². The Hall–Kier alpha value is -3.34. The lowest BCUT2D eigenvalue weighted by Crippen LogP contribution is -2.27. The average Bonchev–Trinajstić information content (AvgIpc) is 2.62. The van der Waals surface area contributed by atoms with Crippen molar-refractivity contribution in [2.45, 2.75) is 6.61 Å². The van der Waals surface area contributed by atoms with Gasteiger partial charge >= 0.3 is 5.88 Å². The van der Waals surface area contributed by atoms with Crippen molar-refractivity contribution in [1.29, 1.82) is 0 Å². The number of aromatic nitrogens is 1. The van der Waals surface area contributed by atoms with Crippen molar-refractivity contribution in [2.24, 2.45) is 0 Å². The maximum atomic E-state index is 12.3. The van der Waals surface area contributed by atoms with Crippen molar-refractivity contribution in [1.82, 2.24) is 0 Å². The quantitative estimate of drug-likeness (QED) is 0.580. The molecule has 0 aliphatic heterocycles. The van der Waals surface area contributed by atoms with Crippen LogP contribution in [-0.4, -0.2) is 5.91 Å². The number of anilines is 1. The van der Waals surface area contributed by atoms with Gasteiger partial charge in [0.25, 0.3) is 5.91 Å². The Balaban J connectivity index is 1.68. The molecule has 120 valence electrons. The van der Waals surface area contributed by atoms with E-state index in [1.54, 1.807) is 36.4 Å². The minimum Gasteiger partial charge on any atom is -0.616 e. The number of nitrogens with zero attached hydrogens (tertiary/aromatic N) is 1. The predicted molar refractivity (Wildman–Crippen MR) is 90.6 cm³/mol. The third kappa shape index (κ3) is 3.89.